The van der Waals surface area contributed by atoms with Gasteiger partial charge in [0.05, 0.1) is 18.4 Å². The standard InChI is InChI=1S/C16H22N6O/c1-13-11-14(2)22(19-13)10-7-20-5-8-21(9-6-20)16(23)15-12-17-3-4-18-15/h3-4,11-12H,5-10H2,1-2H3. The lowest BCUT2D eigenvalue weighted by atomic mass is 10.2. The van der Waals surface area contributed by atoms with Crippen LogP contribution in [0.2, 0.25) is 0 Å². The quantitative estimate of drug-likeness (QED) is 0.833. The van der Waals surface area contributed by atoms with Crippen molar-refractivity contribution >= 4 is 5.91 Å². The van der Waals surface area contributed by atoms with Gasteiger partial charge in [-0.25, -0.2) is 4.98 Å². The molecule has 0 aromatic carbocycles. The molecular formula is C16H22N6O. The predicted molar refractivity (Wildman–Crippen MR) is 86.1 cm³/mol. The molecule has 1 amide bonds. The molecule has 122 valence electrons. The monoisotopic (exact) mass is 314 g/mol. The Morgan fingerprint density at radius 3 is 2.52 bits per heavy atom. The first kappa shape index (κ1) is 15.6. The molecule has 1 fully saturated rings. The Labute approximate surface area is 135 Å². The fourth-order valence-electron chi connectivity index (χ4n) is 2.88. The van der Waals surface area contributed by atoms with Gasteiger partial charge in [-0.05, 0) is 19.9 Å². The zero-order valence-electron chi connectivity index (χ0n) is 13.6. The molecule has 3 heterocycles. The maximum absolute atomic E-state index is 12.3. The second-order valence-electron chi connectivity index (χ2n) is 5.87. The van der Waals surface area contributed by atoms with Crippen molar-refractivity contribution < 1.29 is 4.79 Å². The largest absolute Gasteiger partial charge is 0.335 e. The van der Waals surface area contributed by atoms with Crippen LogP contribution in [-0.4, -0.2) is 68.2 Å². The van der Waals surface area contributed by atoms with E-state index < -0.39 is 0 Å². The summed E-state index contributed by atoms with van der Waals surface area (Å²) in [7, 11) is 0. The minimum Gasteiger partial charge on any atom is -0.335 e. The molecule has 0 aliphatic carbocycles. The average molecular weight is 314 g/mol. The molecule has 0 atom stereocenters. The van der Waals surface area contributed by atoms with Gasteiger partial charge in [0.1, 0.15) is 5.69 Å². The third-order valence-corrected chi connectivity index (χ3v) is 4.17. The Hall–Kier alpha value is -2.28. The van der Waals surface area contributed by atoms with E-state index in [4.69, 9.17) is 0 Å². The fourth-order valence-corrected chi connectivity index (χ4v) is 2.88. The third-order valence-electron chi connectivity index (χ3n) is 4.17. The molecule has 0 saturated carbocycles. The summed E-state index contributed by atoms with van der Waals surface area (Å²) in [5, 5.41) is 4.49. The molecule has 0 N–H and O–H groups in total. The molecule has 23 heavy (non-hydrogen) atoms. The van der Waals surface area contributed by atoms with E-state index in [1.165, 1.54) is 11.9 Å². The molecule has 1 aliphatic heterocycles. The smallest absolute Gasteiger partial charge is 0.274 e. The van der Waals surface area contributed by atoms with Crippen molar-refractivity contribution in [2.75, 3.05) is 32.7 Å². The highest BCUT2D eigenvalue weighted by Gasteiger charge is 2.22. The normalized spacial score (nSPS) is 15.8. The lowest BCUT2D eigenvalue weighted by molar-refractivity contribution is 0.0625. The molecule has 3 rings (SSSR count). The molecule has 7 nitrogen and oxygen atoms in total. The van der Waals surface area contributed by atoms with Crippen LogP contribution in [0.4, 0.5) is 0 Å². The Bertz CT molecular complexity index is 660. The number of amides is 1. The topological polar surface area (TPSA) is 67.2 Å². The van der Waals surface area contributed by atoms with Gasteiger partial charge >= 0.3 is 0 Å². The first-order chi connectivity index (χ1) is 11.1. The van der Waals surface area contributed by atoms with Crippen molar-refractivity contribution in [2.45, 2.75) is 20.4 Å². The lowest BCUT2D eigenvalue weighted by Gasteiger charge is -2.34. The molecule has 7 heteroatoms. The van der Waals surface area contributed by atoms with Gasteiger partial charge in [-0.2, -0.15) is 5.10 Å². The van der Waals surface area contributed by atoms with Gasteiger partial charge in [0.2, 0.25) is 0 Å². The third kappa shape index (κ3) is 3.73. The Morgan fingerprint density at radius 2 is 1.91 bits per heavy atom. The summed E-state index contributed by atoms with van der Waals surface area (Å²) in [6.07, 6.45) is 4.66. The highest BCUT2D eigenvalue weighted by Crippen LogP contribution is 2.07. The zero-order valence-corrected chi connectivity index (χ0v) is 13.6. The van der Waals surface area contributed by atoms with Crippen molar-refractivity contribution in [2.24, 2.45) is 0 Å². The summed E-state index contributed by atoms with van der Waals surface area (Å²) < 4.78 is 2.05. The Kier molecular flexibility index (Phi) is 4.66. The molecule has 2 aromatic rings. The minimum atomic E-state index is -0.0312. The van der Waals surface area contributed by atoms with Crippen LogP contribution in [-0.2, 0) is 6.54 Å². The highest BCUT2D eigenvalue weighted by atomic mass is 16.2. The van der Waals surface area contributed by atoms with Crippen molar-refractivity contribution in [1.82, 2.24) is 29.5 Å². The second-order valence-corrected chi connectivity index (χ2v) is 5.87. The summed E-state index contributed by atoms with van der Waals surface area (Å²) in [6, 6.07) is 2.09. The molecule has 1 aliphatic rings. The molecule has 0 bridgehead atoms. The molecule has 1 saturated heterocycles. The van der Waals surface area contributed by atoms with Crippen LogP contribution < -0.4 is 0 Å². The van der Waals surface area contributed by atoms with Crippen LogP contribution >= 0.6 is 0 Å². The summed E-state index contributed by atoms with van der Waals surface area (Å²) in [5.41, 5.74) is 2.67. The minimum absolute atomic E-state index is 0.0312. The number of aromatic nitrogens is 4. The summed E-state index contributed by atoms with van der Waals surface area (Å²) in [6.45, 7) is 9.15. The molecule has 0 radical (unpaired) electrons. The maximum Gasteiger partial charge on any atom is 0.274 e. The number of piperazine rings is 1. The van der Waals surface area contributed by atoms with E-state index >= 15 is 0 Å². The van der Waals surface area contributed by atoms with Gasteiger partial charge in [0.25, 0.3) is 5.91 Å². The van der Waals surface area contributed by atoms with E-state index in [1.54, 1.807) is 12.4 Å². The van der Waals surface area contributed by atoms with Gasteiger partial charge in [0, 0.05) is 50.8 Å². The summed E-state index contributed by atoms with van der Waals surface area (Å²) >= 11 is 0. The summed E-state index contributed by atoms with van der Waals surface area (Å²) in [4.78, 5) is 24.6. The van der Waals surface area contributed by atoms with Crippen LogP contribution in [0, 0.1) is 13.8 Å². The average Bonchev–Trinajstić information content (AvgIpc) is 2.91. The molecule has 0 spiro atoms. The van der Waals surface area contributed by atoms with Gasteiger partial charge in [-0.15, -0.1) is 0 Å². The van der Waals surface area contributed by atoms with Crippen LogP contribution in [0.15, 0.2) is 24.7 Å². The summed E-state index contributed by atoms with van der Waals surface area (Å²) in [5.74, 6) is -0.0312. The van der Waals surface area contributed by atoms with Crippen molar-refractivity contribution in [3.63, 3.8) is 0 Å². The number of hydrogen-bond acceptors (Lipinski definition) is 5. The number of nitrogens with zero attached hydrogens (tertiary/aromatic N) is 6. The maximum atomic E-state index is 12.3. The van der Waals surface area contributed by atoms with Gasteiger partial charge in [-0.3, -0.25) is 19.4 Å². The number of rotatable bonds is 4. The Morgan fingerprint density at radius 1 is 1.13 bits per heavy atom. The SMILES string of the molecule is Cc1cc(C)n(CCN2CCN(C(=O)c3cnccn3)CC2)n1. The van der Waals surface area contributed by atoms with E-state index in [0.29, 0.717) is 5.69 Å². The van der Waals surface area contributed by atoms with E-state index in [-0.39, 0.29) is 5.91 Å². The number of hydrogen-bond donors (Lipinski definition) is 0. The van der Waals surface area contributed by atoms with E-state index in [1.807, 2.05) is 16.5 Å². The van der Waals surface area contributed by atoms with E-state index in [9.17, 15) is 4.79 Å². The molecule has 0 unspecified atom stereocenters. The fraction of sp³-hybridized carbons (Fsp3) is 0.500. The Balaban J connectivity index is 1.49. The lowest BCUT2D eigenvalue weighted by Crippen LogP contribution is -2.49. The van der Waals surface area contributed by atoms with Gasteiger partial charge < -0.3 is 4.90 Å². The number of carbonyl (C=O) groups is 1. The van der Waals surface area contributed by atoms with Crippen molar-refractivity contribution in [1.29, 1.82) is 0 Å². The second kappa shape index (κ2) is 6.87. The van der Waals surface area contributed by atoms with E-state index in [0.717, 1.165) is 45.0 Å². The van der Waals surface area contributed by atoms with Crippen LogP contribution in [0.5, 0.6) is 0 Å². The predicted octanol–water partition coefficient (Wildman–Crippen LogP) is 0.748. The van der Waals surface area contributed by atoms with Crippen LogP contribution in [0.3, 0.4) is 0 Å². The first-order valence-corrected chi connectivity index (χ1v) is 7.92. The van der Waals surface area contributed by atoms with Gasteiger partial charge in [-0.1, -0.05) is 0 Å². The molecule has 2 aromatic heterocycles. The van der Waals surface area contributed by atoms with Crippen LogP contribution in [0.25, 0.3) is 0 Å². The highest BCUT2D eigenvalue weighted by molar-refractivity contribution is 5.92. The van der Waals surface area contributed by atoms with Gasteiger partial charge in [0.15, 0.2) is 0 Å². The van der Waals surface area contributed by atoms with Crippen molar-refractivity contribution in [3.8, 4) is 0 Å². The first-order valence-electron chi connectivity index (χ1n) is 7.92. The van der Waals surface area contributed by atoms with E-state index in [2.05, 4.69) is 33.0 Å². The zero-order chi connectivity index (χ0) is 16.2. The van der Waals surface area contributed by atoms with Crippen LogP contribution in [0.1, 0.15) is 21.9 Å². The number of aryl methyl sites for hydroxylation is 2. The van der Waals surface area contributed by atoms with Crippen molar-refractivity contribution in [3.05, 3.63) is 41.7 Å². The molecular weight excluding hydrogens is 292 g/mol. The number of carbonyl (C=O) groups excluding carboxylic acids is 1.